The molecule has 7 heteroatoms. The topological polar surface area (TPSA) is 69.0 Å². The van der Waals surface area contributed by atoms with E-state index in [1.165, 1.54) is 25.4 Å². The molecule has 0 saturated carbocycles. The highest BCUT2D eigenvalue weighted by Gasteiger charge is 2.14. The van der Waals surface area contributed by atoms with Gasteiger partial charge in [-0.1, -0.05) is 12.1 Å². The van der Waals surface area contributed by atoms with Gasteiger partial charge in [-0.3, -0.25) is 9.36 Å². The molecule has 0 bridgehead atoms. The smallest absolute Gasteiger partial charge is 0.259 e. The maximum absolute atomic E-state index is 13.5. The lowest BCUT2D eigenvalue weighted by Gasteiger charge is -2.10. The van der Waals surface area contributed by atoms with Crippen LogP contribution < -0.4 is 10.1 Å². The van der Waals surface area contributed by atoms with Crippen LogP contribution in [0.1, 0.15) is 10.4 Å². The van der Waals surface area contributed by atoms with Gasteiger partial charge in [-0.05, 0) is 42.5 Å². The number of benzene rings is 2. The lowest BCUT2D eigenvalue weighted by molar-refractivity contribution is 0.102. The van der Waals surface area contributed by atoms with Crippen LogP contribution in [0.25, 0.3) is 16.9 Å². The van der Waals surface area contributed by atoms with Gasteiger partial charge < -0.3 is 10.1 Å². The van der Waals surface area contributed by atoms with Gasteiger partial charge in [0.25, 0.3) is 5.91 Å². The van der Waals surface area contributed by atoms with Crippen LogP contribution >= 0.6 is 0 Å². The molecule has 1 N–H and O–H groups in total. The van der Waals surface area contributed by atoms with E-state index in [-0.39, 0.29) is 5.56 Å². The largest absolute Gasteiger partial charge is 0.496 e. The number of fused-ring (bicyclic) bond motifs is 1. The minimum Gasteiger partial charge on any atom is -0.496 e. The Morgan fingerprint density at radius 1 is 1.11 bits per heavy atom. The number of methoxy groups -OCH3 is 1. The van der Waals surface area contributed by atoms with Crippen molar-refractivity contribution in [3.8, 4) is 11.6 Å². The zero-order valence-electron chi connectivity index (χ0n) is 14.4. The number of amides is 1. The molecular weight excluding hydrogens is 347 g/mol. The Morgan fingerprint density at radius 2 is 1.96 bits per heavy atom. The molecular formula is C20H15FN4O2. The molecule has 0 fully saturated rings. The molecule has 2 aromatic carbocycles. The maximum atomic E-state index is 13.5. The molecule has 2 aromatic heterocycles. The third kappa shape index (κ3) is 3.22. The van der Waals surface area contributed by atoms with Gasteiger partial charge in [0.15, 0.2) is 0 Å². The minimum atomic E-state index is -0.513. The number of halogens is 1. The van der Waals surface area contributed by atoms with E-state index in [1.54, 1.807) is 18.5 Å². The van der Waals surface area contributed by atoms with Crippen molar-refractivity contribution in [3.05, 3.63) is 78.5 Å². The zero-order valence-corrected chi connectivity index (χ0v) is 14.4. The average molecular weight is 362 g/mol. The summed E-state index contributed by atoms with van der Waals surface area (Å²) in [6, 6.07) is 15.0. The van der Waals surface area contributed by atoms with E-state index < -0.39 is 11.7 Å². The molecule has 0 atom stereocenters. The van der Waals surface area contributed by atoms with Crippen LogP contribution in [0, 0.1) is 5.82 Å². The van der Waals surface area contributed by atoms with Gasteiger partial charge in [0, 0.05) is 0 Å². The standard InChI is InChI=1S/C20H15FN4O2/c1-27-18-8-6-13(21)10-15(18)20(26)24-14-7-9-19(22-11-14)25-12-23-16-4-2-3-5-17(16)25/h2-12H,1H3,(H,24,26). The Labute approximate surface area is 154 Å². The predicted octanol–water partition coefficient (Wildman–Crippen LogP) is 3.82. The molecule has 0 saturated heterocycles. The number of carbonyl (C=O) groups is 1. The maximum Gasteiger partial charge on any atom is 0.259 e. The summed E-state index contributed by atoms with van der Waals surface area (Å²) in [5, 5.41) is 2.70. The summed E-state index contributed by atoms with van der Waals surface area (Å²) < 4.78 is 20.4. The van der Waals surface area contributed by atoms with E-state index in [4.69, 9.17) is 4.74 Å². The van der Waals surface area contributed by atoms with Gasteiger partial charge in [-0.2, -0.15) is 0 Å². The minimum absolute atomic E-state index is 0.113. The summed E-state index contributed by atoms with van der Waals surface area (Å²) in [5.74, 6) is -0.0243. The van der Waals surface area contributed by atoms with Crippen LogP contribution in [0.3, 0.4) is 0 Å². The summed E-state index contributed by atoms with van der Waals surface area (Å²) in [5.41, 5.74) is 2.41. The van der Waals surface area contributed by atoms with Crippen LogP contribution in [-0.4, -0.2) is 27.6 Å². The molecule has 0 radical (unpaired) electrons. The molecule has 0 aliphatic heterocycles. The number of ether oxygens (including phenoxy) is 1. The van der Waals surface area contributed by atoms with Crippen molar-refractivity contribution in [2.24, 2.45) is 0 Å². The Hall–Kier alpha value is -3.74. The van der Waals surface area contributed by atoms with Crippen LogP contribution in [-0.2, 0) is 0 Å². The second-order valence-electron chi connectivity index (χ2n) is 5.81. The van der Waals surface area contributed by atoms with Gasteiger partial charge in [0.1, 0.15) is 23.7 Å². The summed E-state index contributed by atoms with van der Waals surface area (Å²) in [7, 11) is 1.43. The van der Waals surface area contributed by atoms with Gasteiger partial charge in [-0.15, -0.1) is 0 Å². The Morgan fingerprint density at radius 3 is 2.74 bits per heavy atom. The van der Waals surface area contributed by atoms with Crippen molar-refractivity contribution >= 4 is 22.6 Å². The van der Waals surface area contributed by atoms with Crippen LogP contribution in [0.2, 0.25) is 0 Å². The highest BCUT2D eigenvalue weighted by Crippen LogP contribution is 2.22. The molecule has 4 rings (SSSR count). The first kappa shape index (κ1) is 16.7. The number of pyridine rings is 1. The van der Waals surface area contributed by atoms with Crippen molar-refractivity contribution < 1.29 is 13.9 Å². The number of imidazole rings is 1. The first-order chi connectivity index (χ1) is 13.2. The number of nitrogens with zero attached hydrogens (tertiary/aromatic N) is 3. The first-order valence-corrected chi connectivity index (χ1v) is 8.19. The second kappa shape index (κ2) is 6.87. The van der Waals surface area contributed by atoms with Crippen molar-refractivity contribution in [1.29, 1.82) is 0 Å². The fourth-order valence-corrected chi connectivity index (χ4v) is 2.80. The molecule has 2 heterocycles. The molecule has 0 aliphatic carbocycles. The summed E-state index contributed by atoms with van der Waals surface area (Å²) in [6.07, 6.45) is 3.23. The van der Waals surface area contributed by atoms with Crippen LogP contribution in [0.15, 0.2) is 67.1 Å². The Kier molecular flexibility index (Phi) is 4.25. The summed E-state index contributed by atoms with van der Waals surface area (Å²) >= 11 is 0. The van der Waals surface area contributed by atoms with E-state index >= 15 is 0 Å². The molecule has 27 heavy (non-hydrogen) atoms. The fourth-order valence-electron chi connectivity index (χ4n) is 2.80. The predicted molar refractivity (Wildman–Crippen MR) is 99.8 cm³/mol. The highest BCUT2D eigenvalue weighted by molar-refractivity contribution is 6.06. The number of carbonyl (C=O) groups excluding carboxylic acids is 1. The van der Waals surface area contributed by atoms with Gasteiger partial charge in [0.05, 0.1) is 35.6 Å². The number of hydrogen-bond acceptors (Lipinski definition) is 4. The third-order valence-corrected chi connectivity index (χ3v) is 4.11. The molecule has 1 amide bonds. The molecule has 6 nitrogen and oxygen atoms in total. The number of aromatic nitrogens is 3. The summed E-state index contributed by atoms with van der Waals surface area (Å²) in [4.78, 5) is 21.2. The van der Waals surface area contributed by atoms with E-state index in [9.17, 15) is 9.18 Å². The Balaban J connectivity index is 1.58. The SMILES string of the molecule is COc1ccc(F)cc1C(=O)Nc1ccc(-n2cnc3ccccc32)nc1. The Bertz CT molecular complexity index is 1120. The van der Waals surface area contributed by atoms with Crippen molar-refractivity contribution in [3.63, 3.8) is 0 Å². The van der Waals surface area contributed by atoms with E-state index in [0.717, 1.165) is 17.1 Å². The number of nitrogens with one attached hydrogen (secondary N) is 1. The van der Waals surface area contributed by atoms with E-state index in [1.807, 2.05) is 28.8 Å². The zero-order chi connectivity index (χ0) is 18.8. The fraction of sp³-hybridized carbons (Fsp3) is 0.0500. The van der Waals surface area contributed by atoms with Gasteiger partial charge in [0.2, 0.25) is 0 Å². The van der Waals surface area contributed by atoms with Crippen LogP contribution in [0.5, 0.6) is 5.75 Å². The molecule has 0 aliphatic rings. The quantitative estimate of drug-likeness (QED) is 0.599. The van der Waals surface area contributed by atoms with Crippen molar-refractivity contribution in [2.45, 2.75) is 0 Å². The van der Waals surface area contributed by atoms with Gasteiger partial charge in [-0.25, -0.2) is 14.4 Å². The van der Waals surface area contributed by atoms with Crippen molar-refractivity contribution in [2.75, 3.05) is 12.4 Å². The monoisotopic (exact) mass is 362 g/mol. The molecule has 134 valence electrons. The number of para-hydroxylation sites is 2. The lowest BCUT2D eigenvalue weighted by Crippen LogP contribution is -2.14. The molecule has 0 unspecified atom stereocenters. The first-order valence-electron chi connectivity index (χ1n) is 8.19. The van der Waals surface area contributed by atoms with E-state index in [0.29, 0.717) is 17.3 Å². The van der Waals surface area contributed by atoms with Gasteiger partial charge >= 0.3 is 0 Å². The molecule has 4 aromatic rings. The summed E-state index contributed by atoms with van der Waals surface area (Å²) in [6.45, 7) is 0. The number of hydrogen-bond donors (Lipinski definition) is 1. The number of rotatable bonds is 4. The van der Waals surface area contributed by atoms with Crippen molar-refractivity contribution in [1.82, 2.24) is 14.5 Å². The third-order valence-electron chi connectivity index (χ3n) is 4.11. The average Bonchev–Trinajstić information content (AvgIpc) is 3.12. The normalized spacial score (nSPS) is 10.7. The second-order valence-corrected chi connectivity index (χ2v) is 5.81. The lowest BCUT2D eigenvalue weighted by atomic mass is 10.1. The van der Waals surface area contributed by atoms with Crippen LogP contribution in [0.4, 0.5) is 10.1 Å². The number of anilines is 1. The highest BCUT2D eigenvalue weighted by atomic mass is 19.1. The molecule has 0 spiro atoms. The van der Waals surface area contributed by atoms with E-state index in [2.05, 4.69) is 15.3 Å².